The number of carbonyl (C=O) groups is 2. The molecular weight excluding hydrogens is 250 g/mol. The van der Waals surface area contributed by atoms with Crippen molar-refractivity contribution in [1.29, 1.82) is 0 Å². The van der Waals surface area contributed by atoms with Crippen LogP contribution in [0.3, 0.4) is 0 Å². The van der Waals surface area contributed by atoms with Gasteiger partial charge in [-0.3, -0.25) is 9.59 Å². The van der Waals surface area contributed by atoms with Crippen LogP contribution in [0.2, 0.25) is 5.02 Å². The first-order chi connectivity index (χ1) is 8.66. The van der Waals surface area contributed by atoms with Gasteiger partial charge in [0.15, 0.2) is 5.78 Å². The predicted octanol–water partition coefficient (Wildman–Crippen LogP) is 3.29. The first kappa shape index (κ1) is 12.3. The highest BCUT2D eigenvalue weighted by atomic mass is 35.5. The van der Waals surface area contributed by atoms with E-state index >= 15 is 0 Å². The Bertz CT molecular complexity index is 583. The third-order valence-corrected chi connectivity index (χ3v) is 2.63. The molecule has 0 unspecified atom stereocenters. The minimum absolute atomic E-state index is 0.230. The lowest BCUT2D eigenvalue weighted by molar-refractivity contribution is 0.102. The molecule has 0 aliphatic heterocycles. The fraction of sp³-hybridized carbons (Fsp3) is 0. The SMILES string of the molecule is O=C(C=CC(=O)c1ccc[nH]1)c1ccc(Cl)cc1. The highest BCUT2D eigenvalue weighted by Gasteiger charge is 2.04. The maximum atomic E-state index is 11.7. The van der Waals surface area contributed by atoms with Crippen LogP contribution in [0, 0.1) is 0 Å². The van der Waals surface area contributed by atoms with Gasteiger partial charge < -0.3 is 4.98 Å². The Kier molecular flexibility index (Phi) is 3.75. The number of hydrogen-bond acceptors (Lipinski definition) is 2. The standard InChI is InChI=1S/C14H10ClNO2/c15-11-5-3-10(4-6-11)13(17)7-8-14(18)12-2-1-9-16-12/h1-9,16H. The summed E-state index contributed by atoms with van der Waals surface area (Å²) < 4.78 is 0. The van der Waals surface area contributed by atoms with Crippen molar-refractivity contribution in [2.75, 3.05) is 0 Å². The number of hydrogen-bond donors (Lipinski definition) is 1. The van der Waals surface area contributed by atoms with Gasteiger partial charge >= 0.3 is 0 Å². The molecule has 0 radical (unpaired) electrons. The summed E-state index contributed by atoms with van der Waals surface area (Å²) >= 11 is 5.72. The number of ketones is 2. The largest absolute Gasteiger partial charge is 0.359 e. The lowest BCUT2D eigenvalue weighted by atomic mass is 10.1. The average molecular weight is 260 g/mol. The smallest absolute Gasteiger partial charge is 0.202 e. The van der Waals surface area contributed by atoms with Gasteiger partial charge in [-0.15, -0.1) is 0 Å². The molecule has 0 atom stereocenters. The molecule has 3 nitrogen and oxygen atoms in total. The van der Waals surface area contributed by atoms with Crippen molar-refractivity contribution in [3.8, 4) is 0 Å². The number of aromatic nitrogens is 1. The number of H-pyrrole nitrogens is 1. The topological polar surface area (TPSA) is 49.9 Å². The van der Waals surface area contributed by atoms with Crippen LogP contribution in [-0.2, 0) is 0 Å². The van der Waals surface area contributed by atoms with Crippen molar-refractivity contribution < 1.29 is 9.59 Å². The molecule has 1 heterocycles. The molecule has 90 valence electrons. The van der Waals surface area contributed by atoms with Gasteiger partial charge in [-0.25, -0.2) is 0 Å². The van der Waals surface area contributed by atoms with E-state index in [4.69, 9.17) is 11.6 Å². The summed E-state index contributed by atoms with van der Waals surface area (Å²) in [4.78, 5) is 26.1. The number of aromatic amines is 1. The zero-order chi connectivity index (χ0) is 13.0. The summed E-state index contributed by atoms with van der Waals surface area (Å²) in [5, 5.41) is 0.568. The van der Waals surface area contributed by atoms with E-state index in [9.17, 15) is 9.59 Å². The zero-order valence-corrected chi connectivity index (χ0v) is 10.1. The summed E-state index contributed by atoms with van der Waals surface area (Å²) in [6.45, 7) is 0. The molecule has 2 aromatic rings. The Balaban J connectivity index is 2.07. The van der Waals surface area contributed by atoms with Crippen molar-refractivity contribution in [2.24, 2.45) is 0 Å². The molecule has 4 heteroatoms. The molecule has 18 heavy (non-hydrogen) atoms. The predicted molar refractivity (Wildman–Crippen MR) is 70.0 cm³/mol. The summed E-state index contributed by atoms with van der Waals surface area (Å²) in [5.74, 6) is -0.464. The Morgan fingerprint density at radius 3 is 2.28 bits per heavy atom. The van der Waals surface area contributed by atoms with Gasteiger partial charge in [-0.05, 0) is 48.6 Å². The van der Waals surface area contributed by atoms with Crippen LogP contribution < -0.4 is 0 Å². The van der Waals surface area contributed by atoms with Crippen LogP contribution in [0.5, 0.6) is 0 Å². The molecule has 0 saturated carbocycles. The third-order valence-electron chi connectivity index (χ3n) is 2.38. The highest BCUT2D eigenvalue weighted by molar-refractivity contribution is 6.30. The molecule has 1 N–H and O–H groups in total. The molecule has 0 aliphatic rings. The van der Waals surface area contributed by atoms with Gasteiger partial charge in [0.25, 0.3) is 0 Å². The number of nitrogens with one attached hydrogen (secondary N) is 1. The van der Waals surface area contributed by atoms with E-state index in [-0.39, 0.29) is 11.6 Å². The number of rotatable bonds is 4. The van der Waals surface area contributed by atoms with Gasteiger partial charge in [0.1, 0.15) is 0 Å². The average Bonchev–Trinajstić information content (AvgIpc) is 2.90. The third kappa shape index (κ3) is 2.96. The van der Waals surface area contributed by atoms with E-state index < -0.39 is 0 Å². The van der Waals surface area contributed by atoms with Crippen LogP contribution >= 0.6 is 11.6 Å². The van der Waals surface area contributed by atoms with Crippen molar-refractivity contribution >= 4 is 23.2 Å². The number of allylic oxidation sites excluding steroid dienone is 2. The first-order valence-electron chi connectivity index (χ1n) is 5.32. The normalized spacial score (nSPS) is 10.7. The second-order valence-corrected chi connectivity index (χ2v) is 4.09. The summed E-state index contributed by atoms with van der Waals surface area (Å²) in [6, 6.07) is 9.88. The Morgan fingerprint density at radius 1 is 1.00 bits per heavy atom. The molecule has 2 rings (SSSR count). The molecule has 0 bridgehead atoms. The van der Waals surface area contributed by atoms with E-state index in [1.807, 2.05) is 0 Å². The summed E-state index contributed by atoms with van der Waals surface area (Å²) in [6.07, 6.45) is 4.16. The lowest BCUT2D eigenvalue weighted by Crippen LogP contribution is -1.98. The molecule has 1 aromatic carbocycles. The Labute approximate surface area is 109 Å². The van der Waals surface area contributed by atoms with E-state index in [0.29, 0.717) is 16.3 Å². The summed E-state index contributed by atoms with van der Waals surface area (Å²) in [5.41, 5.74) is 0.949. The molecule has 1 aromatic heterocycles. The molecule has 0 amide bonds. The van der Waals surface area contributed by atoms with Crippen molar-refractivity contribution in [1.82, 2.24) is 4.98 Å². The first-order valence-corrected chi connectivity index (χ1v) is 5.70. The van der Waals surface area contributed by atoms with Crippen molar-refractivity contribution in [2.45, 2.75) is 0 Å². The Morgan fingerprint density at radius 2 is 1.67 bits per heavy atom. The van der Waals surface area contributed by atoms with Gasteiger partial charge in [0, 0.05) is 16.8 Å². The van der Waals surface area contributed by atoms with Gasteiger partial charge in [0.05, 0.1) is 5.69 Å². The van der Waals surface area contributed by atoms with Crippen LogP contribution in [-0.4, -0.2) is 16.6 Å². The van der Waals surface area contributed by atoms with E-state index in [2.05, 4.69) is 4.98 Å². The van der Waals surface area contributed by atoms with Crippen molar-refractivity contribution in [3.05, 3.63) is 71.0 Å². The summed E-state index contributed by atoms with van der Waals surface area (Å²) in [7, 11) is 0. The monoisotopic (exact) mass is 259 g/mol. The van der Waals surface area contributed by atoms with E-state index in [0.717, 1.165) is 0 Å². The van der Waals surface area contributed by atoms with Gasteiger partial charge in [-0.1, -0.05) is 11.6 Å². The van der Waals surface area contributed by atoms with Crippen molar-refractivity contribution in [3.63, 3.8) is 0 Å². The van der Waals surface area contributed by atoms with Crippen LogP contribution in [0.4, 0.5) is 0 Å². The fourth-order valence-electron chi connectivity index (χ4n) is 1.44. The lowest BCUT2D eigenvalue weighted by Gasteiger charge is -1.95. The maximum absolute atomic E-state index is 11.7. The minimum atomic E-state index is -0.234. The quantitative estimate of drug-likeness (QED) is 0.677. The van der Waals surface area contributed by atoms with Crippen LogP contribution in [0.15, 0.2) is 54.7 Å². The fourth-order valence-corrected chi connectivity index (χ4v) is 1.56. The molecule has 0 fully saturated rings. The zero-order valence-electron chi connectivity index (χ0n) is 9.39. The van der Waals surface area contributed by atoms with Crippen LogP contribution in [0.1, 0.15) is 20.8 Å². The maximum Gasteiger partial charge on any atom is 0.202 e. The van der Waals surface area contributed by atoms with Gasteiger partial charge in [0.2, 0.25) is 5.78 Å². The molecule has 0 saturated heterocycles. The highest BCUT2D eigenvalue weighted by Crippen LogP contribution is 2.10. The number of halogens is 1. The van der Waals surface area contributed by atoms with Crippen LogP contribution in [0.25, 0.3) is 0 Å². The van der Waals surface area contributed by atoms with Gasteiger partial charge in [-0.2, -0.15) is 0 Å². The van der Waals surface area contributed by atoms with E-state index in [1.165, 1.54) is 12.2 Å². The molecule has 0 aliphatic carbocycles. The Hall–Kier alpha value is -2.13. The second-order valence-electron chi connectivity index (χ2n) is 3.65. The number of carbonyl (C=O) groups excluding carboxylic acids is 2. The molecular formula is C14H10ClNO2. The molecule has 0 spiro atoms. The second kappa shape index (κ2) is 5.47. The minimum Gasteiger partial charge on any atom is -0.359 e. The number of benzene rings is 1. The van der Waals surface area contributed by atoms with E-state index in [1.54, 1.807) is 42.6 Å².